The molecule has 0 spiro atoms. The number of thioether (sulfide) groups is 1. The first-order valence-corrected chi connectivity index (χ1v) is 8.66. The Balaban J connectivity index is 1.66. The van der Waals surface area contributed by atoms with Gasteiger partial charge in [0.05, 0.1) is 0 Å². The molecule has 0 aliphatic heterocycles. The van der Waals surface area contributed by atoms with Gasteiger partial charge in [0.1, 0.15) is 0 Å². The van der Waals surface area contributed by atoms with Crippen molar-refractivity contribution in [3.8, 4) is 0 Å². The average Bonchev–Trinajstić information content (AvgIpc) is 2.99. The zero-order valence-corrected chi connectivity index (χ0v) is 14.2. The summed E-state index contributed by atoms with van der Waals surface area (Å²) in [5, 5.41) is 13.6. The summed E-state index contributed by atoms with van der Waals surface area (Å²) in [6.45, 7) is 1.90. The minimum atomic E-state index is 0.773. The van der Waals surface area contributed by atoms with Crippen molar-refractivity contribution in [1.29, 1.82) is 0 Å². The summed E-state index contributed by atoms with van der Waals surface area (Å²) < 4.78 is 1.77. The number of benzene rings is 2. The van der Waals surface area contributed by atoms with E-state index in [0.29, 0.717) is 0 Å². The molecule has 0 bridgehead atoms. The Bertz CT molecular complexity index is 823. The van der Waals surface area contributed by atoms with Crippen LogP contribution < -0.4 is 0 Å². The first kappa shape index (κ1) is 16.2. The first-order chi connectivity index (χ1) is 11.8. The van der Waals surface area contributed by atoms with Gasteiger partial charge in [0.25, 0.3) is 0 Å². The average molecular weight is 334 g/mol. The molecule has 0 N–H and O–H groups in total. The van der Waals surface area contributed by atoms with Gasteiger partial charge in [0.2, 0.25) is 5.16 Å². The maximum atomic E-state index is 4.45. The molecule has 0 atom stereocenters. The summed E-state index contributed by atoms with van der Waals surface area (Å²) in [7, 11) is 0. The predicted octanol–water partition coefficient (Wildman–Crippen LogP) is 4.43. The number of allylic oxidation sites excluding steroid dienone is 1. The van der Waals surface area contributed by atoms with E-state index in [4.69, 9.17) is 0 Å². The highest BCUT2D eigenvalue weighted by atomic mass is 32.2. The molecule has 0 amide bonds. The maximum Gasteiger partial charge on any atom is 0.212 e. The monoisotopic (exact) mass is 334 g/mol. The highest BCUT2D eigenvalue weighted by Crippen LogP contribution is 2.21. The quantitative estimate of drug-likeness (QED) is 0.495. The summed E-state index contributed by atoms with van der Waals surface area (Å²) >= 11 is 1.63. The molecule has 120 valence electrons. The molecule has 2 aromatic carbocycles. The third-order valence-corrected chi connectivity index (χ3v) is 4.33. The van der Waals surface area contributed by atoms with Gasteiger partial charge >= 0.3 is 0 Å². The van der Waals surface area contributed by atoms with Gasteiger partial charge in [-0.2, -0.15) is 9.78 Å². The normalized spacial score (nSPS) is 11.5. The van der Waals surface area contributed by atoms with Crippen molar-refractivity contribution >= 4 is 24.1 Å². The van der Waals surface area contributed by atoms with Crippen LogP contribution in [0.4, 0.5) is 0 Å². The van der Waals surface area contributed by atoms with E-state index in [1.165, 1.54) is 5.56 Å². The molecule has 5 heteroatoms. The van der Waals surface area contributed by atoms with Crippen LogP contribution in [-0.2, 0) is 5.75 Å². The summed E-state index contributed by atoms with van der Waals surface area (Å²) in [6.07, 6.45) is 5.69. The fourth-order valence-corrected chi connectivity index (χ4v) is 3.00. The third kappa shape index (κ3) is 4.43. The molecule has 4 nitrogen and oxygen atoms in total. The van der Waals surface area contributed by atoms with Gasteiger partial charge in [-0.25, -0.2) is 0 Å². The Morgan fingerprint density at radius 1 is 1.00 bits per heavy atom. The van der Waals surface area contributed by atoms with Crippen molar-refractivity contribution in [3.63, 3.8) is 0 Å². The fraction of sp³-hybridized carbons (Fsp3) is 0.105. The Labute approximate surface area is 145 Å². The molecular formula is C19H18N4S. The molecule has 1 heterocycles. The van der Waals surface area contributed by atoms with Crippen molar-refractivity contribution in [2.24, 2.45) is 5.10 Å². The second-order valence-electron chi connectivity index (χ2n) is 5.15. The third-order valence-electron chi connectivity index (χ3n) is 3.34. The van der Waals surface area contributed by atoms with Gasteiger partial charge in [-0.3, -0.25) is 0 Å². The van der Waals surface area contributed by atoms with Crippen LogP contribution >= 0.6 is 11.8 Å². The van der Waals surface area contributed by atoms with Gasteiger partial charge in [0.15, 0.2) is 5.82 Å². The molecule has 0 saturated carbocycles. The van der Waals surface area contributed by atoms with Gasteiger partial charge in [-0.05, 0) is 24.1 Å². The topological polar surface area (TPSA) is 43.1 Å². The molecular weight excluding hydrogens is 316 g/mol. The minimum absolute atomic E-state index is 0.773. The van der Waals surface area contributed by atoms with Crippen LogP contribution in [0.15, 0.2) is 77.0 Å². The smallest absolute Gasteiger partial charge is 0.192 e. The van der Waals surface area contributed by atoms with Crippen LogP contribution in [0.3, 0.4) is 0 Å². The second kappa shape index (κ2) is 8.26. The van der Waals surface area contributed by atoms with Crippen molar-refractivity contribution in [1.82, 2.24) is 14.9 Å². The van der Waals surface area contributed by atoms with E-state index in [1.54, 1.807) is 22.7 Å². The zero-order valence-electron chi connectivity index (χ0n) is 13.4. The van der Waals surface area contributed by atoms with Crippen LogP contribution in [-0.4, -0.2) is 21.1 Å². The maximum absolute atomic E-state index is 4.45. The number of nitrogens with zero attached hydrogens (tertiary/aromatic N) is 4. The summed E-state index contributed by atoms with van der Waals surface area (Å²) in [4.78, 5) is 0. The number of rotatable bonds is 6. The van der Waals surface area contributed by atoms with Crippen LogP contribution in [0.1, 0.15) is 17.0 Å². The van der Waals surface area contributed by atoms with Gasteiger partial charge in [-0.1, -0.05) is 78.5 Å². The van der Waals surface area contributed by atoms with Crippen molar-refractivity contribution < 1.29 is 0 Å². The van der Waals surface area contributed by atoms with Crippen molar-refractivity contribution in [2.45, 2.75) is 17.8 Å². The van der Waals surface area contributed by atoms with Crippen LogP contribution in [0.2, 0.25) is 0 Å². The van der Waals surface area contributed by atoms with E-state index < -0.39 is 0 Å². The van der Waals surface area contributed by atoms with E-state index in [9.17, 15) is 0 Å². The van der Waals surface area contributed by atoms with E-state index in [-0.39, 0.29) is 0 Å². The number of hydrogen-bond donors (Lipinski definition) is 0. The Hall–Kier alpha value is -2.66. The first-order valence-electron chi connectivity index (χ1n) is 7.68. The molecule has 0 saturated heterocycles. The molecule has 0 aliphatic carbocycles. The lowest BCUT2D eigenvalue weighted by Crippen LogP contribution is -1.95. The number of aryl methyl sites for hydroxylation is 1. The highest BCUT2D eigenvalue weighted by Gasteiger charge is 2.08. The number of aromatic nitrogens is 3. The summed E-state index contributed by atoms with van der Waals surface area (Å²) in [5.41, 5.74) is 2.39. The zero-order chi connectivity index (χ0) is 16.6. The molecule has 3 aromatic rings. The predicted molar refractivity (Wildman–Crippen MR) is 100 cm³/mol. The standard InChI is InChI=1S/C19H18N4S/c1-16-21-22-19(24-15-18-11-6-3-7-12-18)23(16)20-14-8-13-17-9-4-2-5-10-17/h2-14H,15H2,1H3/b13-8-,20-14+. The van der Waals surface area contributed by atoms with E-state index in [1.807, 2.05) is 55.5 Å². The Morgan fingerprint density at radius 3 is 2.46 bits per heavy atom. The van der Waals surface area contributed by atoms with Crippen molar-refractivity contribution in [3.05, 3.63) is 83.7 Å². The van der Waals surface area contributed by atoms with E-state index in [2.05, 4.69) is 39.6 Å². The minimum Gasteiger partial charge on any atom is -0.192 e. The lowest BCUT2D eigenvalue weighted by atomic mass is 10.2. The Kier molecular flexibility index (Phi) is 5.58. The van der Waals surface area contributed by atoms with Crippen LogP contribution in [0, 0.1) is 6.92 Å². The highest BCUT2D eigenvalue weighted by molar-refractivity contribution is 7.98. The summed E-state index contributed by atoms with van der Waals surface area (Å²) in [5.74, 6) is 1.61. The molecule has 0 radical (unpaired) electrons. The Morgan fingerprint density at radius 2 is 1.71 bits per heavy atom. The summed E-state index contributed by atoms with van der Waals surface area (Å²) in [6, 6.07) is 20.4. The van der Waals surface area contributed by atoms with Gasteiger partial charge in [-0.15, -0.1) is 10.2 Å². The molecule has 1 aromatic heterocycles. The van der Waals surface area contributed by atoms with E-state index >= 15 is 0 Å². The van der Waals surface area contributed by atoms with Gasteiger partial charge < -0.3 is 0 Å². The largest absolute Gasteiger partial charge is 0.212 e. The molecule has 24 heavy (non-hydrogen) atoms. The van der Waals surface area contributed by atoms with Crippen LogP contribution in [0.25, 0.3) is 6.08 Å². The molecule has 3 rings (SSSR count). The molecule has 0 aliphatic rings. The van der Waals surface area contributed by atoms with Crippen molar-refractivity contribution in [2.75, 3.05) is 0 Å². The molecule has 0 unspecified atom stereocenters. The SMILES string of the molecule is Cc1nnc(SCc2ccccc2)n1/N=C/C=C\c1ccccc1. The van der Waals surface area contributed by atoms with Gasteiger partial charge in [0, 0.05) is 12.0 Å². The van der Waals surface area contributed by atoms with Crippen LogP contribution in [0.5, 0.6) is 0 Å². The number of hydrogen-bond acceptors (Lipinski definition) is 4. The lowest BCUT2D eigenvalue weighted by molar-refractivity contribution is 0.744. The molecule has 0 fully saturated rings. The second-order valence-corrected chi connectivity index (χ2v) is 6.09. The fourth-order valence-electron chi connectivity index (χ4n) is 2.11. The lowest BCUT2D eigenvalue weighted by Gasteiger charge is -2.01. The van der Waals surface area contributed by atoms with E-state index in [0.717, 1.165) is 22.3 Å².